The average Bonchev–Trinajstić information content (AvgIpc) is 2.89. The summed E-state index contributed by atoms with van der Waals surface area (Å²) in [5.41, 5.74) is 3.44. The zero-order valence-electron chi connectivity index (χ0n) is 10.9. The molecule has 0 radical (unpaired) electrons. The van der Waals surface area contributed by atoms with Crippen LogP contribution in [0.3, 0.4) is 0 Å². The Bertz CT molecular complexity index is 638. The van der Waals surface area contributed by atoms with Crippen LogP contribution in [0.5, 0.6) is 0 Å². The molecule has 0 unspecified atom stereocenters. The van der Waals surface area contributed by atoms with E-state index in [1.807, 2.05) is 6.07 Å². The summed E-state index contributed by atoms with van der Waals surface area (Å²) in [4.78, 5) is 4.67. The highest BCUT2D eigenvalue weighted by Crippen LogP contribution is 2.30. The van der Waals surface area contributed by atoms with Gasteiger partial charge in [-0.15, -0.1) is 11.3 Å². The van der Waals surface area contributed by atoms with E-state index in [1.54, 1.807) is 11.3 Å². The molecule has 0 aliphatic heterocycles. The molecule has 1 aromatic heterocycles. The third-order valence-electron chi connectivity index (χ3n) is 3.00. The van der Waals surface area contributed by atoms with Gasteiger partial charge in [-0.05, 0) is 42.8 Å². The van der Waals surface area contributed by atoms with Gasteiger partial charge >= 0.3 is 0 Å². The summed E-state index contributed by atoms with van der Waals surface area (Å²) in [6.07, 6.45) is 1.14. The number of hydrogen-bond acceptors (Lipinski definition) is 3. The second-order valence-corrected chi connectivity index (χ2v) is 5.52. The molecule has 3 rings (SSSR count). The maximum Gasteiger partial charge on any atom is 0.124 e. The zero-order valence-corrected chi connectivity index (χ0v) is 11.7. The lowest BCUT2D eigenvalue weighted by molar-refractivity contribution is 0.980. The first-order valence-electron chi connectivity index (χ1n) is 6.56. The molecule has 0 saturated carbocycles. The van der Waals surface area contributed by atoms with Crippen LogP contribution >= 0.6 is 11.3 Å². The minimum Gasteiger partial charge on any atom is -0.385 e. The van der Waals surface area contributed by atoms with Gasteiger partial charge in [0, 0.05) is 17.8 Å². The number of rotatable bonds is 4. The van der Waals surface area contributed by atoms with Gasteiger partial charge in [0.15, 0.2) is 0 Å². The van der Waals surface area contributed by atoms with Crippen LogP contribution in [0.15, 0.2) is 48.5 Å². The van der Waals surface area contributed by atoms with Crippen molar-refractivity contribution in [2.45, 2.75) is 13.3 Å². The minimum absolute atomic E-state index is 1.01. The first-order valence-corrected chi connectivity index (χ1v) is 7.38. The van der Waals surface area contributed by atoms with E-state index in [4.69, 9.17) is 0 Å². The maximum absolute atomic E-state index is 4.67. The lowest BCUT2D eigenvalue weighted by Crippen LogP contribution is -1.98. The monoisotopic (exact) mass is 268 g/mol. The van der Waals surface area contributed by atoms with Crippen molar-refractivity contribution in [3.8, 4) is 10.6 Å². The van der Waals surface area contributed by atoms with E-state index in [0.29, 0.717) is 0 Å². The summed E-state index contributed by atoms with van der Waals surface area (Å²) in [6.45, 7) is 3.18. The fourth-order valence-corrected chi connectivity index (χ4v) is 2.97. The maximum atomic E-state index is 4.67. The molecule has 0 fully saturated rings. The molecule has 0 saturated heterocycles. The second-order valence-electron chi connectivity index (χ2n) is 4.49. The Kier molecular flexibility index (Phi) is 3.47. The first kappa shape index (κ1) is 12.2. The summed E-state index contributed by atoms with van der Waals surface area (Å²) in [5, 5.41) is 4.47. The molecule has 2 aromatic carbocycles. The lowest BCUT2D eigenvalue weighted by Gasteiger charge is -2.04. The van der Waals surface area contributed by atoms with E-state index in [-0.39, 0.29) is 0 Å². The highest BCUT2D eigenvalue weighted by molar-refractivity contribution is 7.21. The predicted octanol–water partition coefficient (Wildman–Crippen LogP) is 4.79. The second kappa shape index (κ2) is 5.41. The van der Waals surface area contributed by atoms with Gasteiger partial charge in [0.25, 0.3) is 0 Å². The smallest absolute Gasteiger partial charge is 0.124 e. The summed E-state index contributed by atoms with van der Waals surface area (Å²) in [6, 6.07) is 16.8. The lowest BCUT2D eigenvalue weighted by atomic mass is 10.2. The van der Waals surface area contributed by atoms with Crippen LogP contribution in [0.4, 0.5) is 5.69 Å². The van der Waals surface area contributed by atoms with Crippen LogP contribution < -0.4 is 5.32 Å². The van der Waals surface area contributed by atoms with Gasteiger partial charge in [-0.3, -0.25) is 0 Å². The molecular formula is C16H16N2S. The zero-order chi connectivity index (χ0) is 13.1. The molecule has 0 amide bonds. The molecule has 96 valence electrons. The van der Waals surface area contributed by atoms with Crippen LogP contribution in [0.25, 0.3) is 20.8 Å². The largest absolute Gasteiger partial charge is 0.385 e. The van der Waals surface area contributed by atoms with Crippen LogP contribution in [0, 0.1) is 0 Å². The van der Waals surface area contributed by atoms with Gasteiger partial charge in [-0.1, -0.05) is 19.1 Å². The quantitative estimate of drug-likeness (QED) is 0.736. The van der Waals surface area contributed by atoms with Crippen molar-refractivity contribution in [2.75, 3.05) is 11.9 Å². The average molecular weight is 268 g/mol. The van der Waals surface area contributed by atoms with E-state index in [0.717, 1.165) is 23.5 Å². The van der Waals surface area contributed by atoms with Crippen molar-refractivity contribution in [2.24, 2.45) is 0 Å². The summed E-state index contributed by atoms with van der Waals surface area (Å²) < 4.78 is 1.24. The molecule has 1 N–H and O–H groups in total. The van der Waals surface area contributed by atoms with Gasteiger partial charge in [0.05, 0.1) is 10.2 Å². The van der Waals surface area contributed by atoms with Crippen LogP contribution in [-0.4, -0.2) is 11.5 Å². The Morgan fingerprint density at radius 2 is 1.84 bits per heavy atom. The normalized spacial score (nSPS) is 10.8. The van der Waals surface area contributed by atoms with Gasteiger partial charge in [0.2, 0.25) is 0 Å². The molecular weight excluding hydrogens is 252 g/mol. The highest BCUT2D eigenvalue weighted by Gasteiger charge is 2.05. The molecule has 0 aliphatic carbocycles. The third kappa shape index (κ3) is 2.61. The third-order valence-corrected chi connectivity index (χ3v) is 4.09. The molecule has 0 bridgehead atoms. The van der Waals surface area contributed by atoms with Crippen LogP contribution in [0.1, 0.15) is 13.3 Å². The fraction of sp³-hybridized carbons (Fsp3) is 0.188. The molecule has 3 aromatic rings. The number of nitrogens with one attached hydrogen (secondary N) is 1. The number of aromatic nitrogens is 1. The van der Waals surface area contributed by atoms with Crippen molar-refractivity contribution in [1.82, 2.24) is 4.98 Å². The summed E-state index contributed by atoms with van der Waals surface area (Å²) in [7, 11) is 0. The molecule has 2 nitrogen and oxygen atoms in total. The predicted molar refractivity (Wildman–Crippen MR) is 83.8 cm³/mol. The minimum atomic E-state index is 1.01. The van der Waals surface area contributed by atoms with E-state index >= 15 is 0 Å². The summed E-state index contributed by atoms with van der Waals surface area (Å²) in [5.74, 6) is 0. The highest BCUT2D eigenvalue weighted by atomic mass is 32.1. The number of hydrogen-bond donors (Lipinski definition) is 1. The first-order chi connectivity index (χ1) is 9.36. The standard InChI is InChI=1S/C16H16N2S/c1-2-11-17-13-9-7-12(8-10-13)16-18-14-5-3-4-6-15(14)19-16/h3-10,17H,2,11H2,1H3. The number of fused-ring (bicyclic) bond motifs is 1. The van der Waals surface area contributed by atoms with Crippen LogP contribution in [0.2, 0.25) is 0 Å². The van der Waals surface area contributed by atoms with Crippen molar-refractivity contribution in [1.29, 1.82) is 0 Å². The molecule has 0 aliphatic rings. The van der Waals surface area contributed by atoms with Crippen molar-refractivity contribution >= 4 is 27.2 Å². The van der Waals surface area contributed by atoms with Crippen LogP contribution in [-0.2, 0) is 0 Å². The van der Waals surface area contributed by atoms with Gasteiger partial charge in [-0.25, -0.2) is 4.98 Å². The van der Waals surface area contributed by atoms with E-state index in [1.165, 1.54) is 16.0 Å². The van der Waals surface area contributed by atoms with Crippen molar-refractivity contribution in [3.63, 3.8) is 0 Å². The Labute approximate surface area is 117 Å². The summed E-state index contributed by atoms with van der Waals surface area (Å²) >= 11 is 1.74. The topological polar surface area (TPSA) is 24.9 Å². The number of para-hydroxylation sites is 1. The van der Waals surface area contributed by atoms with E-state index < -0.39 is 0 Å². The molecule has 0 atom stereocenters. The Morgan fingerprint density at radius 1 is 1.05 bits per heavy atom. The number of nitrogens with zero attached hydrogens (tertiary/aromatic N) is 1. The van der Waals surface area contributed by atoms with Gasteiger partial charge in [-0.2, -0.15) is 0 Å². The molecule has 3 heteroatoms. The number of anilines is 1. The molecule has 19 heavy (non-hydrogen) atoms. The molecule has 1 heterocycles. The Hall–Kier alpha value is -1.87. The molecule has 0 spiro atoms. The number of benzene rings is 2. The Morgan fingerprint density at radius 3 is 2.58 bits per heavy atom. The van der Waals surface area contributed by atoms with E-state index in [9.17, 15) is 0 Å². The van der Waals surface area contributed by atoms with Gasteiger partial charge < -0.3 is 5.32 Å². The van der Waals surface area contributed by atoms with E-state index in [2.05, 4.69) is 59.7 Å². The van der Waals surface area contributed by atoms with Gasteiger partial charge in [0.1, 0.15) is 5.01 Å². The van der Waals surface area contributed by atoms with Crippen molar-refractivity contribution in [3.05, 3.63) is 48.5 Å². The Balaban J connectivity index is 1.88. The number of thiazole rings is 1. The SMILES string of the molecule is CCCNc1ccc(-c2nc3ccccc3s2)cc1. The van der Waals surface area contributed by atoms with Crippen molar-refractivity contribution < 1.29 is 0 Å². The fourth-order valence-electron chi connectivity index (χ4n) is 2.00.